The van der Waals surface area contributed by atoms with Crippen LogP contribution in [0.25, 0.3) is 0 Å². The van der Waals surface area contributed by atoms with Gasteiger partial charge in [0.1, 0.15) is 0 Å². The fraction of sp³-hybridized carbons (Fsp3) is 0.533. The molecule has 0 heterocycles. The average Bonchev–Trinajstić information content (AvgIpc) is 2.42. The van der Waals surface area contributed by atoms with E-state index in [2.05, 4.69) is 37.3 Å². The van der Waals surface area contributed by atoms with Crippen molar-refractivity contribution in [2.45, 2.75) is 44.7 Å². The maximum Gasteiger partial charge on any atom is 0.248 e. The van der Waals surface area contributed by atoms with E-state index in [1.807, 2.05) is 0 Å². The predicted octanol–water partition coefficient (Wildman–Crippen LogP) is 1.18. The highest BCUT2D eigenvalue weighted by atomic mass is 32.2. The fourth-order valence-electron chi connectivity index (χ4n) is 2.30. The van der Waals surface area contributed by atoms with Crippen LogP contribution in [0.3, 0.4) is 0 Å². The highest BCUT2D eigenvalue weighted by molar-refractivity contribution is 7.89. The number of hydrogen-bond acceptors (Lipinski definition) is 4. The Hall–Kier alpha value is -1.44. The van der Waals surface area contributed by atoms with E-state index in [1.54, 1.807) is 0 Å². The number of amides is 1. The van der Waals surface area contributed by atoms with E-state index >= 15 is 0 Å². The standard InChI is InChI=1S/C15H25N3O3S/c1-11(2)18(12(3)4)10-9-17-22(20,21)14-7-5-13(6-8-14)15(16)19/h5-8,11-12,17H,9-10H2,1-4H3,(H2,16,19). The number of primary amides is 1. The Balaban J connectivity index is 2.69. The second-order valence-electron chi connectivity index (χ2n) is 5.71. The van der Waals surface area contributed by atoms with Crippen molar-refractivity contribution in [3.05, 3.63) is 29.8 Å². The summed E-state index contributed by atoms with van der Waals surface area (Å²) in [7, 11) is -3.58. The van der Waals surface area contributed by atoms with Crippen molar-refractivity contribution in [1.29, 1.82) is 0 Å². The first-order valence-electron chi connectivity index (χ1n) is 7.30. The minimum atomic E-state index is -3.58. The number of nitrogens with two attached hydrogens (primary N) is 1. The van der Waals surface area contributed by atoms with Crippen molar-refractivity contribution in [3.8, 4) is 0 Å². The van der Waals surface area contributed by atoms with E-state index in [9.17, 15) is 13.2 Å². The quantitative estimate of drug-likeness (QED) is 0.750. The van der Waals surface area contributed by atoms with Crippen LogP contribution in [0.4, 0.5) is 0 Å². The summed E-state index contributed by atoms with van der Waals surface area (Å²) in [5.74, 6) is -0.582. The van der Waals surface area contributed by atoms with Gasteiger partial charge in [0.25, 0.3) is 0 Å². The van der Waals surface area contributed by atoms with Crippen molar-refractivity contribution in [3.63, 3.8) is 0 Å². The van der Waals surface area contributed by atoms with Crippen LogP contribution >= 0.6 is 0 Å². The van der Waals surface area contributed by atoms with Crippen LogP contribution in [0.1, 0.15) is 38.1 Å². The number of nitrogens with one attached hydrogen (secondary N) is 1. The molecule has 6 nitrogen and oxygen atoms in total. The van der Waals surface area contributed by atoms with Crippen LogP contribution in [0.15, 0.2) is 29.2 Å². The summed E-state index contributed by atoms with van der Waals surface area (Å²) in [4.78, 5) is 13.3. The Bertz CT molecular complexity index is 587. The number of rotatable bonds is 8. The van der Waals surface area contributed by atoms with Gasteiger partial charge in [0.05, 0.1) is 4.90 Å². The van der Waals surface area contributed by atoms with Gasteiger partial charge < -0.3 is 5.73 Å². The minimum absolute atomic E-state index is 0.123. The summed E-state index contributed by atoms with van der Waals surface area (Å²) in [5.41, 5.74) is 5.42. The SMILES string of the molecule is CC(C)N(CCNS(=O)(=O)c1ccc(C(N)=O)cc1)C(C)C. The molecule has 0 spiro atoms. The third-order valence-corrected chi connectivity index (χ3v) is 4.91. The van der Waals surface area contributed by atoms with Gasteiger partial charge in [-0.05, 0) is 52.0 Å². The van der Waals surface area contributed by atoms with Crippen molar-refractivity contribution in [2.75, 3.05) is 13.1 Å². The number of benzene rings is 1. The first-order chi connectivity index (χ1) is 10.1. The molecule has 0 aliphatic heterocycles. The van der Waals surface area contributed by atoms with Gasteiger partial charge in [-0.1, -0.05) is 0 Å². The van der Waals surface area contributed by atoms with E-state index < -0.39 is 15.9 Å². The van der Waals surface area contributed by atoms with Crippen LogP contribution in [0.2, 0.25) is 0 Å². The molecule has 124 valence electrons. The van der Waals surface area contributed by atoms with Gasteiger partial charge in [0, 0.05) is 30.7 Å². The van der Waals surface area contributed by atoms with E-state index in [-0.39, 0.29) is 10.5 Å². The lowest BCUT2D eigenvalue weighted by atomic mass is 10.2. The molecule has 0 radical (unpaired) electrons. The molecular weight excluding hydrogens is 302 g/mol. The first kappa shape index (κ1) is 18.6. The molecule has 22 heavy (non-hydrogen) atoms. The molecule has 1 aromatic rings. The predicted molar refractivity (Wildman–Crippen MR) is 87.1 cm³/mol. The lowest BCUT2D eigenvalue weighted by molar-refractivity contribution is 0.1000. The lowest BCUT2D eigenvalue weighted by Crippen LogP contribution is -2.42. The molecule has 0 aromatic heterocycles. The second kappa shape index (κ2) is 7.71. The summed E-state index contributed by atoms with van der Waals surface area (Å²) < 4.78 is 27.0. The number of sulfonamides is 1. The molecule has 1 amide bonds. The third kappa shape index (κ3) is 5.08. The van der Waals surface area contributed by atoms with Crippen LogP contribution in [-0.4, -0.2) is 44.4 Å². The summed E-state index contributed by atoms with van der Waals surface area (Å²) in [6, 6.07) is 6.27. The number of nitrogens with zero attached hydrogens (tertiary/aromatic N) is 1. The summed E-state index contributed by atoms with van der Waals surface area (Å²) in [6.07, 6.45) is 0. The van der Waals surface area contributed by atoms with Crippen LogP contribution in [0.5, 0.6) is 0 Å². The van der Waals surface area contributed by atoms with E-state index in [0.717, 1.165) is 0 Å². The van der Waals surface area contributed by atoms with Crippen molar-refractivity contribution in [1.82, 2.24) is 9.62 Å². The monoisotopic (exact) mass is 327 g/mol. The summed E-state index contributed by atoms with van der Waals surface area (Å²) >= 11 is 0. The second-order valence-corrected chi connectivity index (χ2v) is 7.48. The number of carbonyl (C=O) groups excluding carboxylic acids is 1. The van der Waals surface area contributed by atoms with Gasteiger partial charge in [0.2, 0.25) is 15.9 Å². The van der Waals surface area contributed by atoms with Gasteiger partial charge in [-0.15, -0.1) is 0 Å². The molecule has 0 fully saturated rings. The van der Waals surface area contributed by atoms with Gasteiger partial charge in [-0.2, -0.15) is 0 Å². The van der Waals surface area contributed by atoms with Crippen LogP contribution in [-0.2, 0) is 10.0 Å². The van der Waals surface area contributed by atoms with Gasteiger partial charge in [0.15, 0.2) is 0 Å². The maximum atomic E-state index is 12.2. The Morgan fingerprint density at radius 1 is 1.14 bits per heavy atom. The zero-order chi connectivity index (χ0) is 16.9. The average molecular weight is 327 g/mol. The zero-order valence-corrected chi connectivity index (χ0v) is 14.4. The van der Waals surface area contributed by atoms with Crippen molar-refractivity contribution >= 4 is 15.9 Å². The zero-order valence-electron chi connectivity index (χ0n) is 13.5. The van der Waals surface area contributed by atoms with E-state index in [1.165, 1.54) is 24.3 Å². The molecule has 0 aliphatic carbocycles. The topological polar surface area (TPSA) is 92.5 Å². The molecule has 0 bridgehead atoms. The Labute approximate surface area is 132 Å². The Morgan fingerprint density at radius 2 is 1.64 bits per heavy atom. The highest BCUT2D eigenvalue weighted by Gasteiger charge is 2.17. The molecule has 1 rings (SSSR count). The smallest absolute Gasteiger partial charge is 0.248 e. The van der Waals surface area contributed by atoms with Crippen LogP contribution < -0.4 is 10.5 Å². The molecule has 1 aromatic carbocycles. The summed E-state index contributed by atoms with van der Waals surface area (Å²) in [5, 5.41) is 0. The van der Waals surface area contributed by atoms with Crippen molar-refractivity contribution in [2.24, 2.45) is 5.73 Å². The first-order valence-corrected chi connectivity index (χ1v) is 8.78. The number of hydrogen-bond donors (Lipinski definition) is 2. The normalized spacial score (nSPS) is 12.3. The Kier molecular flexibility index (Phi) is 6.52. The lowest BCUT2D eigenvalue weighted by Gasteiger charge is -2.30. The van der Waals surface area contributed by atoms with Crippen LogP contribution in [0, 0.1) is 0 Å². The molecule has 0 saturated heterocycles. The number of carbonyl (C=O) groups is 1. The third-order valence-electron chi connectivity index (χ3n) is 3.44. The van der Waals surface area contributed by atoms with Gasteiger partial charge in [-0.3, -0.25) is 9.69 Å². The van der Waals surface area contributed by atoms with Gasteiger partial charge in [-0.25, -0.2) is 13.1 Å². The molecule has 0 atom stereocenters. The molecule has 7 heteroatoms. The summed E-state index contributed by atoms with van der Waals surface area (Å²) in [6.45, 7) is 9.28. The minimum Gasteiger partial charge on any atom is -0.366 e. The maximum absolute atomic E-state index is 12.2. The highest BCUT2D eigenvalue weighted by Crippen LogP contribution is 2.10. The molecule has 0 saturated carbocycles. The van der Waals surface area contributed by atoms with Gasteiger partial charge >= 0.3 is 0 Å². The largest absolute Gasteiger partial charge is 0.366 e. The fourth-order valence-corrected chi connectivity index (χ4v) is 3.32. The molecule has 3 N–H and O–H groups in total. The Morgan fingerprint density at radius 3 is 2.05 bits per heavy atom. The van der Waals surface area contributed by atoms with E-state index in [4.69, 9.17) is 5.73 Å². The molecule has 0 aliphatic rings. The molecular formula is C15H25N3O3S. The van der Waals surface area contributed by atoms with E-state index in [0.29, 0.717) is 25.2 Å². The van der Waals surface area contributed by atoms with Crippen molar-refractivity contribution < 1.29 is 13.2 Å². The molecule has 0 unspecified atom stereocenters.